The lowest BCUT2D eigenvalue weighted by molar-refractivity contribution is 0.301. The van der Waals surface area contributed by atoms with Gasteiger partial charge in [0.15, 0.2) is 0 Å². The molecule has 1 aromatic heterocycles. The Balaban J connectivity index is 1.45. The number of fused-ring (bicyclic) bond motifs is 1. The molecule has 0 unspecified atom stereocenters. The fourth-order valence-electron chi connectivity index (χ4n) is 3.67. The average molecular weight is 461 g/mol. The molecule has 0 N–H and O–H groups in total. The minimum absolute atomic E-state index is 0.701. The van der Waals surface area contributed by atoms with E-state index < -0.39 is 0 Å². The van der Waals surface area contributed by atoms with Crippen LogP contribution in [-0.4, -0.2) is 16.2 Å². The van der Waals surface area contributed by atoms with Gasteiger partial charge in [0.05, 0.1) is 17.6 Å². The van der Waals surface area contributed by atoms with Crippen molar-refractivity contribution >= 4 is 27.0 Å². The molecule has 0 amide bonds. The summed E-state index contributed by atoms with van der Waals surface area (Å²) in [6.45, 7) is 5.44. The summed E-state index contributed by atoms with van der Waals surface area (Å²) >= 11 is 3.58. The number of rotatable bonds is 9. The third-order valence-corrected chi connectivity index (χ3v) is 5.60. The highest BCUT2D eigenvalue weighted by Crippen LogP contribution is 2.27. The zero-order valence-electron chi connectivity index (χ0n) is 16.9. The van der Waals surface area contributed by atoms with Gasteiger partial charge >= 0.3 is 0 Å². The van der Waals surface area contributed by atoms with Crippen LogP contribution in [0.4, 0.5) is 0 Å². The summed E-state index contributed by atoms with van der Waals surface area (Å²) in [5, 5.41) is 0. The second-order valence-electron chi connectivity index (χ2n) is 7.24. The lowest BCUT2D eigenvalue weighted by Crippen LogP contribution is -2.05. The molecule has 0 atom stereocenters. The predicted molar refractivity (Wildman–Crippen MR) is 128 cm³/mol. The summed E-state index contributed by atoms with van der Waals surface area (Å²) in [4.78, 5) is 4.90. The van der Waals surface area contributed by atoms with Gasteiger partial charge in [0.25, 0.3) is 0 Å². The first-order chi connectivity index (χ1) is 14.8. The maximum atomic E-state index is 6.05. The number of hydrogen-bond donors (Lipinski definition) is 0. The van der Waals surface area contributed by atoms with Crippen molar-refractivity contribution in [2.45, 2.75) is 25.8 Å². The number of halogens is 1. The minimum atomic E-state index is 0.701. The Labute approximate surface area is 186 Å². The molecule has 4 rings (SSSR count). The second-order valence-corrected chi connectivity index (χ2v) is 8.16. The lowest BCUT2D eigenvalue weighted by atomic mass is 10.1. The first kappa shape index (κ1) is 20.4. The molecule has 1 heterocycles. The highest BCUT2D eigenvalue weighted by molar-refractivity contribution is 9.10. The van der Waals surface area contributed by atoms with Gasteiger partial charge in [0, 0.05) is 16.6 Å². The maximum Gasteiger partial charge on any atom is 0.141 e. The minimum Gasteiger partial charge on any atom is -0.493 e. The molecule has 0 radical (unpaired) electrons. The number of benzene rings is 3. The van der Waals surface area contributed by atoms with Gasteiger partial charge in [-0.15, -0.1) is 6.58 Å². The van der Waals surface area contributed by atoms with Crippen molar-refractivity contribution in [1.29, 1.82) is 0 Å². The monoisotopic (exact) mass is 460 g/mol. The number of hydrogen-bond acceptors (Lipinski definition) is 2. The number of aromatic nitrogens is 2. The molecule has 0 aliphatic carbocycles. The van der Waals surface area contributed by atoms with Crippen molar-refractivity contribution in [3.05, 3.63) is 95.5 Å². The van der Waals surface area contributed by atoms with Gasteiger partial charge in [-0.3, -0.25) is 0 Å². The van der Waals surface area contributed by atoms with E-state index in [2.05, 4.69) is 69.5 Å². The van der Waals surface area contributed by atoms with Crippen molar-refractivity contribution in [3.8, 4) is 17.1 Å². The first-order valence-electron chi connectivity index (χ1n) is 10.3. The maximum absolute atomic E-state index is 6.05. The summed E-state index contributed by atoms with van der Waals surface area (Å²) in [7, 11) is 0. The van der Waals surface area contributed by atoms with Gasteiger partial charge in [0.1, 0.15) is 11.6 Å². The molecule has 3 nitrogen and oxygen atoms in total. The molecule has 0 saturated carbocycles. The van der Waals surface area contributed by atoms with Crippen molar-refractivity contribution in [3.63, 3.8) is 0 Å². The molecule has 0 bridgehead atoms. The van der Waals surface area contributed by atoms with E-state index in [1.165, 1.54) is 11.1 Å². The van der Waals surface area contributed by atoms with E-state index in [1.54, 1.807) is 0 Å². The molecule has 0 spiro atoms. The Hall–Kier alpha value is -2.85. The molecule has 4 heteroatoms. The van der Waals surface area contributed by atoms with Crippen LogP contribution in [0.3, 0.4) is 0 Å². The van der Waals surface area contributed by atoms with E-state index in [4.69, 9.17) is 9.72 Å². The lowest BCUT2D eigenvalue weighted by Gasteiger charge is -2.12. The van der Waals surface area contributed by atoms with Crippen LogP contribution in [0.5, 0.6) is 5.75 Å². The third-order valence-electron chi connectivity index (χ3n) is 5.11. The summed E-state index contributed by atoms with van der Waals surface area (Å²) in [5.74, 6) is 1.97. The van der Waals surface area contributed by atoms with E-state index in [-0.39, 0.29) is 0 Å². The summed E-state index contributed by atoms with van der Waals surface area (Å²) in [5.41, 5.74) is 4.51. The quantitative estimate of drug-likeness (QED) is 0.197. The van der Waals surface area contributed by atoms with Crippen molar-refractivity contribution in [2.75, 3.05) is 6.61 Å². The van der Waals surface area contributed by atoms with Crippen LogP contribution >= 0.6 is 15.9 Å². The zero-order valence-corrected chi connectivity index (χ0v) is 18.5. The predicted octanol–water partition coefficient (Wildman–Crippen LogP) is 7.05. The van der Waals surface area contributed by atoms with Gasteiger partial charge in [0.2, 0.25) is 0 Å². The van der Waals surface area contributed by atoms with E-state index in [1.807, 2.05) is 36.4 Å². The summed E-state index contributed by atoms with van der Waals surface area (Å²) < 4.78 is 9.43. The molecule has 0 aliphatic heterocycles. The van der Waals surface area contributed by atoms with Gasteiger partial charge in [-0.2, -0.15) is 0 Å². The van der Waals surface area contributed by atoms with E-state index in [9.17, 15) is 0 Å². The molecule has 0 aliphatic rings. The smallest absolute Gasteiger partial charge is 0.141 e. The SMILES string of the molecule is C=CCc1ccccc1OCCCCn1c(-c2cccc(Br)c2)nc2ccccc21. The van der Waals surface area contributed by atoms with Crippen molar-refractivity contribution < 1.29 is 4.74 Å². The number of para-hydroxylation sites is 3. The molecule has 152 valence electrons. The van der Waals surface area contributed by atoms with E-state index in [0.717, 1.165) is 52.9 Å². The van der Waals surface area contributed by atoms with Crippen LogP contribution in [0.15, 0.2) is 89.9 Å². The Morgan fingerprint density at radius 2 is 1.80 bits per heavy atom. The number of imidazole rings is 1. The van der Waals surface area contributed by atoms with Gasteiger partial charge in [-0.05, 0) is 55.2 Å². The molecular weight excluding hydrogens is 436 g/mol. The van der Waals surface area contributed by atoms with E-state index >= 15 is 0 Å². The van der Waals surface area contributed by atoms with Crippen LogP contribution < -0.4 is 4.74 Å². The van der Waals surface area contributed by atoms with Crippen LogP contribution in [0.25, 0.3) is 22.4 Å². The molecule has 30 heavy (non-hydrogen) atoms. The second kappa shape index (κ2) is 9.77. The van der Waals surface area contributed by atoms with E-state index in [0.29, 0.717) is 6.61 Å². The third kappa shape index (κ3) is 4.65. The van der Waals surface area contributed by atoms with Crippen LogP contribution in [0, 0.1) is 0 Å². The van der Waals surface area contributed by atoms with Gasteiger partial charge in [-0.1, -0.05) is 64.5 Å². The number of allylic oxidation sites excluding steroid dienone is 1. The Bertz CT molecular complexity index is 1150. The number of unbranched alkanes of at least 4 members (excludes halogenated alkanes) is 1. The fraction of sp³-hybridized carbons (Fsp3) is 0.192. The highest BCUT2D eigenvalue weighted by atomic mass is 79.9. The summed E-state index contributed by atoms with van der Waals surface area (Å²) in [6.07, 6.45) is 4.74. The molecule has 0 fully saturated rings. The van der Waals surface area contributed by atoms with Gasteiger partial charge < -0.3 is 9.30 Å². The first-order valence-corrected chi connectivity index (χ1v) is 11.1. The van der Waals surface area contributed by atoms with Crippen molar-refractivity contribution in [1.82, 2.24) is 9.55 Å². The molecule has 0 saturated heterocycles. The average Bonchev–Trinajstić information content (AvgIpc) is 3.13. The van der Waals surface area contributed by atoms with Crippen LogP contribution in [0.2, 0.25) is 0 Å². The Kier molecular flexibility index (Phi) is 6.65. The van der Waals surface area contributed by atoms with Crippen LogP contribution in [-0.2, 0) is 13.0 Å². The van der Waals surface area contributed by atoms with Crippen LogP contribution in [0.1, 0.15) is 18.4 Å². The van der Waals surface area contributed by atoms with Gasteiger partial charge in [-0.25, -0.2) is 4.98 Å². The molecule has 4 aromatic rings. The standard InChI is InChI=1S/C26H25BrN2O/c1-2-10-20-11-3-6-16-25(20)30-18-8-7-17-29-24-15-5-4-14-23(24)28-26(29)21-12-9-13-22(27)19-21/h2-6,9,11-16,19H,1,7-8,10,17-18H2. The highest BCUT2D eigenvalue weighted by Gasteiger charge is 2.12. The number of ether oxygens (including phenoxy) is 1. The topological polar surface area (TPSA) is 27.1 Å². The zero-order chi connectivity index (χ0) is 20.8. The Morgan fingerprint density at radius 1 is 0.967 bits per heavy atom. The fourth-order valence-corrected chi connectivity index (χ4v) is 4.07. The largest absolute Gasteiger partial charge is 0.493 e. The normalized spacial score (nSPS) is 11.0. The summed E-state index contributed by atoms with van der Waals surface area (Å²) in [6, 6.07) is 24.9. The number of aryl methyl sites for hydroxylation is 1. The number of nitrogens with zero attached hydrogens (tertiary/aromatic N) is 2. The Morgan fingerprint density at radius 3 is 2.67 bits per heavy atom. The molecular formula is C26H25BrN2O. The molecule has 3 aromatic carbocycles. The van der Waals surface area contributed by atoms with Crippen molar-refractivity contribution in [2.24, 2.45) is 0 Å².